The van der Waals surface area contributed by atoms with Gasteiger partial charge in [0.15, 0.2) is 0 Å². The molecule has 2 fully saturated rings. The molecule has 0 aromatic heterocycles. The smallest absolute Gasteiger partial charge is 0.124 e. The van der Waals surface area contributed by atoms with Crippen molar-refractivity contribution in [3.8, 4) is 5.75 Å². The van der Waals surface area contributed by atoms with Crippen molar-refractivity contribution in [2.75, 3.05) is 19.8 Å². The molecule has 2 aromatic rings. The van der Waals surface area contributed by atoms with Gasteiger partial charge < -0.3 is 20.1 Å². The molecule has 28 heavy (non-hydrogen) atoms. The zero-order valence-electron chi connectivity index (χ0n) is 16.3. The molecular formula is C23H31ClN2O2. The lowest BCUT2D eigenvalue weighted by Crippen LogP contribution is -2.50. The molecule has 3 unspecified atom stereocenters. The number of nitrogens with one attached hydrogen (secondary N) is 2. The minimum absolute atomic E-state index is 0. The van der Waals surface area contributed by atoms with Gasteiger partial charge in [0.05, 0.1) is 13.2 Å². The van der Waals surface area contributed by atoms with Crippen LogP contribution < -0.4 is 15.4 Å². The predicted octanol–water partition coefficient (Wildman–Crippen LogP) is 3.93. The molecule has 2 aliphatic rings. The molecule has 0 bridgehead atoms. The van der Waals surface area contributed by atoms with E-state index in [1.54, 1.807) is 0 Å². The number of morpholine rings is 1. The van der Waals surface area contributed by atoms with Gasteiger partial charge in [-0.1, -0.05) is 55.0 Å². The molecule has 3 atom stereocenters. The molecule has 5 heteroatoms. The summed E-state index contributed by atoms with van der Waals surface area (Å²) in [6, 6.07) is 19.8. The van der Waals surface area contributed by atoms with Gasteiger partial charge in [-0.15, -0.1) is 12.4 Å². The third kappa shape index (κ3) is 5.48. The Kier molecular flexibility index (Phi) is 8.16. The standard InChI is InChI=1S/C23H30N2O2.ClH/c1-2-7-18(8-3-1)16-27-23-12-5-4-9-19(23)15-25-21-11-6-10-20(21)22-17-26-14-13-24-22;/h1-5,7-9,12,20-22,24-25H,6,10-11,13-17H2;1H. The Hall–Kier alpha value is -1.59. The second-order valence-corrected chi connectivity index (χ2v) is 7.60. The molecule has 1 aliphatic heterocycles. The van der Waals surface area contributed by atoms with Crippen LogP contribution in [-0.4, -0.2) is 31.8 Å². The van der Waals surface area contributed by atoms with Gasteiger partial charge in [-0.25, -0.2) is 0 Å². The minimum Gasteiger partial charge on any atom is -0.489 e. The molecular weight excluding hydrogens is 372 g/mol. The second kappa shape index (κ2) is 10.8. The summed E-state index contributed by atoms with van der Waals surface area (Å²) in [4.78, 5) is 0. The Balaban J connectivity index is 0.00000225. The normalized spacial score (nSPS) is 24.5. The van der Waals surface area contributed by atoms with Crippen LogP contribution in [0.1, 0.15) is 30.4 Å². The number of rotatable bonds is 7. The lowest BCUT2D eigenvalue weighted by Gasteiger charge is -2.33. The largest absolute Gasteiger partial charge is 0.489 e. The molecule has 2 N–H and O–H groups in total. The Morgan fingerprint density at radius 2 is 1.86 bits per heavy atom. The van der Waals surface area contributed by atoms with Crippen LogP contribution >= 0.6 is 12.4 Å². The van der Waals surface area contributed by atoms with Gasteiger partial charge in [-0.3, -0.25) is 0 Å². The SMILES string of the molecule is Cl.c1ccc(COc2ccccc2CNC2CCCC2C2COCCN2)cc1. The summed E-state index contributed by atoms with van der Waals surface area (Å²) in [6.45, 7) is 4.12. The van der Waals surface area contributed by atoms with E-state index in [4.69, 9.17) is 9.47 Å². The first-order valence-corrected chi connectivity index (χ1v) is 10.2. The molecule has 0 amide bonds. The van der Waals surface area contributed by atoms with E-state index >= 15 is 0 Å². The monoisotopic (exact) mass is 402 g/mol. The summed E-state index contributed by atoms with van der Waals surface area (Å²) in [5.74, 6) is 1.63. The fourth-order valence-corrected chi connectivity index (χ4v) is 4.35. The van der Waals surface area contributed by atoms with E-state index in [9.17, 15) is 0 Å². The average molecular weight is 403 g/mol. The first-order chi connectivity index (χ1) is 13.4. The van der Waals surface area contributed by atoms with E-state index in [2.05, 4.69) is 53.1 Å². The third-order valence-electron chi connectivity index (χ3n) is 5.80. The van der Waals surface area contributed by atoms with E-state index in [0.717, 1.165) is 32.1 Å². The van der Waals surface area contributed by atoms with Crippen molar-refractivity contribution in [2.24, 2.45) is 5.92 Å². The molecule has 1 saturated heterocycles. The number of halogens is 1. The Bertz CT molecular complexity index is 707. The van der Waals surface area contributed by atoms with Gasteiger partial charge in [-0.05, 0) is 30.4 Å². The van der Waals surface area contributed by atoms with Gasteiger partial charge in [0, 0.05) is 30.7 Å². The predicted molar refractivity (Wildman–Crippen MR) is 115 cm³/mol. The van der Waals surface area contributed by atoms with Crippen LogP contribution in [0.25, 0.3) is 0 Å². The van der Waals surface area contributed by atoms with Crippen LogP contribution in [0, 0.1) is 5.92 Å². The number of benzene rings is 2. The molecule has 4 nitrogen and oxygen atoms in total. The maximum Gasteiger partial charge on any atom is 0.124 e. The quantitative estimate of drug-likeness (QED) is 0.736. The molecule has 1 aliphatic carbocycles. The Morgan fingerprint density at radius 1 is 1.04 bits per heavy atom. The summed E-state index contributed by atoms with van der Waals surface area (Å²) in [5.41, 5.74) is 2.42. The lowest BCUT2D eigenvalue weighted by atomic mass is 9.94. The van der Waals surface area contributed by atoms with Gasteiger partial charge in [0.1, 0.15) is 12.4 Å². The summed E-state index contributed by atoms with van der Waals surface area (Å²) < 4.78 is 11.8. The summed E-state index contributed by atoms with van der Waals surface area (Å²) in [7, 11) is 0. The zero-order valence-corrected chi connectivity index (χ0v) is 17.1. The van der Waals surface area contributed by atoms with Gasteiger partial charge in [0.2, 0.25) is 0 Å². The van der Waals surface area contributed by atoms with E-state index in [-0.39, 0.29) is 12.4 Å². The first-order valence-electron chi connectivity index (χ1n) is 10.2. The fraction of sp³-hybridized carbons (Fsp3) is 0.478. The highest BCUT2D eigenvalue weighted by molar-refractivity contribution is 5.85. The van der Waals surface area contributed by atoms with Crippen LogP contribution in [0.3, 0.4) is 0 Å². The maximum absolute atomic E-state index is 6.11. The van der Waals surface area contributed by atoms with Crippen molar-refractivity contribution < 1.29 is 9.47 Å². The van der Waals surface area contributed by atoms with Crippen LogP contribution in [0.5, 0.6) is 5.75 Å². The van der Waals surface area contributed by atoms with Crippen LogP contribution in [0.2, 0.25) is 0 Å². The van der Waals surface area contributed by atoms with Crippen LogP contribution in [-0.2, 0) is 17.9 Å². The first kappa shape index (κ1) is 21.1. The maximum atomic E-state index is 6.11. The summed E-state index contributed by atoms with van der Waals surface area (Å²) in [6.07, 6.45) is 3.83. The second-order valence-electron chi connectivity index (χ2n) is 7.60. The van der Waals surface area contributed by atoms with Gasteiger partial charge in [-0.2, -0.15) is 0 Å². The lowest BCUT2D eigenvalue weighted by molar-refractivity contribution is 0.0524. The number of para-hydroxylation sites is 1. The van der Waals surface area contributed by atoms with Crippen LogP contribution in [0.15, 0.2) is 54.6 Å². The van der Waals surface area contributed by atoms with E-state index in [0.29, 0.717) is 24.6 Å². The van der Waals surface area contributed by atoms with E-state index in [1.807, 2.05) is 12.1 Å². The van der Waals surface area contributed by atoms with Crippen molar-refractivity contribution in [1.82, 2.24) is 10.6 Å². The Morgan fingerprint density at radius 3 is 2.68 bits per heavy atom. The molecule has 0 spiro atoms. The molecule has 1 saturated carbocycles. The number of hydrogen-bond donors (Lipinski definition) is 2. The van der Waals surface area contributed by atoms with Gasteiger partial charge in [0.25, 0.3) is 0 Å². The van der Waals surface area contributed by atoms with E-state index in [1.165, 1.54) is 30.4 Å². The summed E-state index contributed by atoms with van der Waals surface area (Å²) >= 11 is 0. The average Bonchev–Trinajstić information content (AvgIpc) is 3.21. The minimum atomic E-state index is 0. The molecule has 0 radical (unpaired) electrons. The van der Waals surface area contributed by atoms with Crippen molar-refractivity contribution in [1.29, 1.82) is 0 Å². The van der Waals surface area contributed by atoms with E-state index < -0.39 is 0 Å². The van der Waals surface area contributed by atoms with Crippen molar-refractivity contribution in [2.45, 2.75) is 44.5 Å². The fourth-order valence-electron chi connectivity index (χ4n) is 4.35. The van der Waals surface area contributed by atoms with Crippen molar-refractivity contribution in [3.63, 3.8) is 0 Å². The highest BCUT2D eigenvalue weighted by Crippen LogP contribution is 2.30. The molecule has 2 aromatic carbocycles. The van der Waals surface area contributed by atoms with Crippen molar-refractivity contribution in [3.05, 3.63) is 65.7 Å². The third-order valence-corrected chi connectivity index (χ3v) is 5.80. The van der Waals surface area contributed by atoms with Gasteiger partial charge >= 0.3 is 0 Å². The van der Waals surface area contributed by atoms with Crippen molar-refractivity contribution >= 4 is 12.4 Å². The molecule has 1 heterocycles. The molecule has 152 valence electrons. The van der Waals surface area contributed by atoms with Crippen LogP contribution in [0.4, 0.5) is 0 Å². The molecule has 4 rings (SSSR count). The Labute approximate surface area is 174 Å². The highest BCUT2D eigenvalue weighted by Gasteiger charge is 2.34. The summed E-state index contributed by atoms with van der Waals surface area (Å²) in [5, 5.41) is 7.46. The zero-order chi connectivity index (χ0) is 18.3. The number of ether oxygens (including phenoxy) is 2. The topological polar surface area (TPSA) is 42.5 Å². The number of hydrogen-bond acceptors (Lipinski definition) is 4. The highest BCUT2D eigenvalue weighted by atomic mass is 35.5.